The van der Waals surface area contributed by atoms with Crippen LogP contribution in [0.15, 0.2) is 0 Å². The number of aliphatic hydroxyl groups is 1. The summed E-state index contributed by atoms with van der Waals surface area (Å²) >= 11 is 5.69. The van der Waals surface area contributed by atoms with Crippen LogP contribution in [0.4, 0.5) is 0 Å². The van der Waals surface area contributed by atoms with Crippen molar-refractivity contribution in [1.82, 2.24) is 4.90 Å². The van der Waals surface area contributed by atoms with E-state index in [9.17, 15) is 5.11 Å². The largest absolute Gasteiger partial charge is 0.391 e. The Kier molecular flexibility index (Phi) is 6.71. The molecule has 96 valence electrons. The van der Waals surface area contributed by atoms with Crippen molar-refractivity contribution in [2.24, 2.45) is 5.92 Å². The average Bonchev–Trinajstić information content (AvgIpc) is 2.76. The standard InChI is InChI=1S/C13H26ClNO/c1-11(2)7-8-15(10-13(16)9-14)12-5-3-4-6-12/h11-13,16H,3-10H2,1-2H3. The molecular weight excluding hydrogens is 222 g/mol. The Bertz CT molecular complexity index is 181. The van der Waals surface area contributed by atoms with Crippen LogP contribution in [0.5, 0.6) is 0 Å². The molecule has 1 saturated carbocycles. The molecule has 1 atom stereocenters. The van der Waals surface area contributed by atoms with Gasteiger partial charge >= 0.3 is 0 Å². The minimum Gasteiger partial charge on any atom is -0.391 e. The van der Waals surface area contributed by atoms with Gasteiger partial charge < -0.3 is 5.11 Å². The zero-order valence-electron chi connectivity index (χ0n) is 10.7. The Balaban J connectivity index is 2.40. The van der Waals surface area contributed by atoms with Gasteiger partial charge in [0, 0.05) is 18.5 Å². The zero-order valence-corrected chi connectivity index (χ0v) is 11.4. The Morgan fingerprint density at radius 2 is 1.94 bits per heavy atom. The Morgan fingerprint density at radius 3 is 2.44 bits per heavy atom. The maximum Gasteiger partial charge on any atom is 0.0802 e. The number of rotatable bonds is 7. The topological polar surface area (TPSA) is 23.5 Å². The number of halogens is 1. The second-order valence-corrected chi connectivity index (χ2v) is 5.73. The fourth-order valence-electron chi connectivity index (χ4n) is 2.44. The number of alkyl halides is 1. The summed E-state index contributed by atoms with van der Waals surface area (Å²) in [5.41, 5.74) is 0. The summed E-state index contributed by atoms with van der Waals surface area (Å²) in [5, 5.41) is 9.68. The van der Waals surface area contributed by atoms with Gasteiger partial charge in [-0.25, -0.2) is 0 Å². The molecular formula is C13H26ClNO. The molecule has 0 amide bonds. The lowest BCUT2D eigenvalue weighted by Crippen LogP contribution is -2.40. The third-order valence-corrected chi connectivity index (χ3v) is 3.81. The predicted octanol–water partition coefficient (Wildman–Crippen LogP) is 2.88. The lowest BCUT2D eigenvalue weighted by molar-refractivity contribution is 0.0971. The third-order valence-electron chi connectivity index (χ3n) is 3.46. The molecule has 0 aromatic rings. The van der Waals surface area contributed by atoms with Crippen LogP contribution >= 0.6 is 11.6 Å². The van der Waals surface area contributed by atoms with E-state index in [0.29, 0.717) is 11.9 Å². The number of hydrogen-bond acceptors (Lipinski definition) is 2. The number of nitrogens with zero attached hydrogens (tertiary/aromatic N) is 1. The number of aliphatic hydroxyl groups excluding tert-OH is 1. The molecule has 1 aliphatic carbocycles. The lowest BCUT2D eigenvalue weighted by atomic mass is 10.1. The van der Waals surface area contributed by atoms with Crippen molar-refractivity contribution < 1.29 is 5.11 Å². The highest BCUT2D eigenvalue weighted by atomic mass is 35.5. The van der Waals surface area contributed by atoms with E-state index in [1.54, 1.807) is 0 Å². The van der Waals surface area contributed by atoms with Crippen molar-refractivity contribution in [2.75, 3.05) is 19.0 Å². The lowest BCUT2D eigenvalue weighted by Gasteiger charge is -2.30. The summed E-state index contributed by atoms with van der Waals surface area (Å²) in [6.45, 7) is 6.37. The van der Waals surface area contributed by atoms with E-state index in [4.69, 9.17) is 11.6 Å². The molecule has 0 aromatic heterocycles. The molecule has 0 bridgehead atoms. The van der Waals surface area contributed by atoms with Crippen LogP contribution in [-0.4, -0.2) is 41.1 Å². The van der Waals surface area contributed by atoms with E-state index < -0.39 is 0 Å². The molecule has 1 N–H and O–H groups in total. The van der Waals surface area contributed by atoms with E-state index in [1.165, 1.54) is 32.1 Å². The maximum atomic E-state index is 9.68. The first kappa shape index (κ1) is 14.3. The van der Waals surface area contributed by atoms with Crippen molar-refractivity contribution in [3.8, 4) is 0 Å². The quantitative estimate of drug-likeness (QED) is 0.700. The summed E-state index contributed by atoms with van der Waals surface area (Å²) in [5.74, 6) is 1.09. The van der Waals surface area contributed by atoms with Crippen LogP contribution in [0.3, 0.4) is 0 Å². The van der Waals surface area contributed by atoms with Gasteiger partial charge in [0.25, 0.3) is 0 Å². The van der Waals surface area contributed by atoms with E-state index >= 15 is 0 Å². The van der Waals surface area contributed by atoms with Crippen molar-refractivity contribution in [3.05, 3.63) is 0 Å². The monoisotopic (exact) mass is 247 g/mol. The SMILES string of the molecule is CC(C)CCN(CC(O)CCl)C1CCCC1. The van der Waals surface area contributed by atoms with Gasteiger partial charge in [-0.1, -0.05) is 26.7 Å². The van der Waals surface area contributed by atoms with Crippen LogP contribution in [0.25, 0.3) is 0 Å². The highest BCUT2D eigenvalue weighted by Gasteiger charge is 2.23. The van der Waals surface area contributed by atoms with E-state index in [1.807, 2.05) is 0 Å². The first-order chi connectivity index (χ1) is 7.63. The normalized spacial score (nSPS) is 19.9. The van der Waals surface area contributed by atoms with E-state index in [0.717, 1.165) is 19.0 Å². The third kappa shape index (κ3) is 5.03. The fraction of sp³-hybridized carbons (Fsp3) is 1.00. The molecule has 0 heterocycles. The molecule has 0 aromatic carbocycles. The summed E-state index contributed by atoms with van der Waals surface area (Å²) in [6, 6.07) is 0.691. The Morgan fingerprint density at radius 1 is 1.31 bits per heavy atom. The summed E-state index contributed by atoms with van der Waals surface area (Å²) in [4.78, 5) is 2.46. The van der Waals surface area contributed by atoms with Crippen LogP contribution in [0, 0.1) is 5.92 Å². The van der Waals surface area contributed by atoms with Gasteiger partial charge in [0.2, 0.25) is 0 Å². The zero-order chi connectivity index (χ0) is 12.0. The van der Waals surface area contributed by atoms with Crippen molar-refractivity contribution in [3.63, 3.8) is 0 Å². The Labute approximate surface area is 105 Å². The van der Waals surface area contributed by atoms with E-state index in [2.05, 4.69) is 18.7 Å². The molecule has 3 heteroatoms. The maximum absolute atomic E-state index is 9.68. The molecule has 1 unspecified atom stereocenters. The second-order valence-electron chi connectivity index (χ2n) is 5.42. The minimum atomic E-state index is -0.366. The van der Waals surface area contributed by atoms with E-state index in [-0.39, 0.29) is 6.10 Å². The smallest absolute Gasteiger partial charge is 0.0802 e. The molecule has 16 heavy (non-hydrogen) atoms. The van der Waals surface area contributed by atoms with Crippen LogP contribution in [0.2, 0.25) is 0 Å². The average molecular weight is 248 g/mol. The number of hydrogen-bond donors (Lipinski definition) is 1. The fourth-order valence-corrected chi connectivity index (χ4v) is 2.53. The van der Waals surface area contributed by atoms with Gasteiger partial charge in [0.15, 0.2) is 0 Å². The van der Waals surface area contributed by atoms with Crippen molar-refractivity contribution in [1.29, 1.82) is 0 Å². The summed E-state index contributed by atoms with van der Waals surface area (Å²) < 4.78 is 0. The Hall–Kier alpha value is 0.210. The molecule has 0 saturated heterocycles. The molecule has 0 aliphatic heterocycles. The predicted molar refractivity (Wildman–Crippen MR) is 70.0 cm³/mol. The van der Waals surface area contributed by atoms with Gasteiger partial charge in [-0.3, -0.25) is 4.90 Å². The van der Waals surface area contributed by atoms with Gasteiger partial charge in [-0.05, 0) is 31.7 Å². The minimum absolute atomic E-state index is 0.352. The first-order valence-electron chi connectivity index (χ1n) is 6.61. The highest BCUT2D eigenvalue weighted by Crippen LogP contribution is 2.24. The van der Waals surface area contributed by atoms with Crippen molar-refractivity contribution >= 4 is 11.6 Å². The highest BCUT2D eigenvalue weighted by molar-refractivity contribution is 6.18. The van der Waals surface area contributed by atoms with Gasteiger partial charge in [0.1, 0.15) is 0 Å². The van der Waals surface area contributed by atoms with Crippen LogP contribution in [0.1, 0.15) is 46.0 Å². The van der Waals surface area contributed by atoms with Gasteiger partial charge in [-0.15, -0.1) is 11.6 Å². The van der Waals surface area contributed by atoms with Gasteiger partial charge in [-0.2, -0.15) is 0 Å². The van der Waals surface area contributed by atoms with Crippen molar-refractivity contribution in [2.45, 2.75) is 58.1 Å². The molecule has 1 aliphatic rings. The summed E-state index contributed by atoms with van der Waals surface area (Å²) in [6.07, 6.45) is 6.14. The first-order valence-corrected chi connectivity index (χ1v) is 7.15. The molecule has 1 rings (SSSR count). The molecule has 0 spiro atoms. The van der Waals surface area contributed by atoms with Crippen LogP contribution < -0.4 is 0 Å². The second kappa shape index (κ2) is 7.52. The van der Waals surface area contributed by atoms with Gasteiger partial charge in [0.05, 0.1) is 6.10 Å². The molecule has 1 fully saturated rings. The molecule has 0 radical (unpaired) electrons. The summed E-state index contributed by atoms with van der Waals surface area (Å²) in [7, 11) is 0. The van der Waals surface area contributed by atoms with Crippen LogP contribution in [-0.2, 0) is 0 Å². The molecule has 2 nitrogen and oxygen atoms in total.